The summed E-state index contributed by atoms with van der Waals surface area (Å²) in [5.41, 5.74) is 1.12. The highest BCUT2D eigenvalue weighted by molar-refractivity contribution is 5.96. The van der Waals surface area contributed by atoms with E-state index in [9.17, 15) is 22.4 Å². The predicted molar refractivity (Wildman–Crippen MR) is 107 cm³/mol. The first-order valence-corrected chi connectivity index (χ1v) is 10.1. The van der Waals surface area contributed by atoms with Crippen LogP contribution in [0.1, 0.15) is 33.9 Å². The molecule has 0 radical (unpaired) electrons. The number of aromatic nitrogens is 4. The first-order valence-electron chi connectivity index (χ1n) is 10.1. The van der Waals surface area contributed by atoms with Gasteiger partial charge in [0, 0.05) is 49.5 Å². The summed E-state index contributed by atoms with van der Waals surface area (Å²) in [6, 6.07) is 2.55. The number of carbonyl (C=O) groups is 1. The number of rotatable bonds is 4. The van der Waals surface area contributed by atoms with Crippen LogP contribution < -0.4 is 0 Å². The van der Waals surface area contributed by atoms with Crippen LogP contribution in [0.4, 0.5) is 17.6 Å². The second-order valence-corrected chi connectivity index (χ2v) is 7.61. The first kappa shape index (κ1) is 22.1. The lowest BCUT2D eigenvalue weighted by Crippen LogP contribution is -2.33. The van der Waals surface area contributed by atoms with Gasteiger partial charge in [-0.15, -0.1) is 0 Å². The van der Waals surface area contributed by atoms with Crippen molar-refractivity contribution >= 4 is 16.8 Å². The number of alkyl halides is 3. The molecule has 0 bridgehead atoms. The van der Waals surface area contributed by atoms with Crippen molar-refractivity contribution in [1.29, 1.82) is 0 Å². The van der Waals surface area contributed by atoms with Gasteiger partial charge in [-0.1, -0.05) is 0 Å². The molecule has 0 unspecified atom stereocenters. The Kier molecular flexibility index (Phi) is 6.09. The summed E-state index contributed by atoms with van der Waals surface area (Å²) in [4.78, 5) is 22.8. The molecule has 0 aliphatic carbocycles. The standard InChI is InChI=1S/C21H21F4N5O2/c1-13-15(22)3-4-26-16(13)9-17-14-11-27-18(20(31)29-5-2-7-32-8-6-29)10-19(14)30(28-17)12-21(23,24)25/h3-4,10-11H,2,5-9,12H2,1H3. The van der Waals surface area contributed by atoms with Crippen molar-refractivity contribution in [3.05, 3.63) is 53.0 Å². The lowest BCUT2D eigenvalue weighted by Gasteiger charge is -2.19. The highest BCUT2D eigenvalue weighted by atomic mass is 19.4. The minimum Gasteiger partial charge on any atom is -0.380 e. The molecule has 4 rings (SSSR count). The quantitative estimate of drug-likeness (QED) is 0.570. The van der Waals surface area contributed by atoms with Gasteiger partial charge in [-0.25, -0.2) is 4.39 Å². The van der Waals surface area contributed by atoms with Crippen LogP contribution >= 0.6 is 0 Å². The zero-order valence-electron chi connectivity index (χ0n) is 17.3. The molecule has 0 aromatic carbocycles. The summed E-state index contributed by atoms with van der Waals surface area (Å²) in [5, 5.41) is 4.47. The molecule has 1 fully saturated rings. The maximum Gasteiger partial charge on any atom is 0.408 e. The minimum absolute atomic E-state index is 0.0311. The van der Waals surface area contributed by atoms with Crippen LogP contribution in [0, 0.1) is 12.7 Å². The van der Waals surface area contributed by atoms with Gasteiger partial charge in [-0.05, 0) is 25.5 Å². The molecule has 170 valence electrons. The van der Waals surface area contributed by atoms with Crippen molar-refractivity contribution in [2.45, 2.75) is 32.5 Å². The zero-order chi connectivity index (χ0) is 22.9. The van der Waals surface area contributed by atoms with Gasteiger partial charge in [0.25, 0.3) is 5.91 Å². The Morgan fingerprint density at radius 2 is 2.00 bits per heavy atom. The van der Waals surface area contributed by atoms with E-state index in [1.54, 1.807) is 11.8 Å². The predicted octanol–water partition coefficient (Wildman–Crippen LogP) is 3.29. The third-order valence-electron chi connectivity index (χ3n) is 5.35. The molecule has 3 aromatic heterocycles. The lowest BCUT2D eigenvalue weighted by atomic mass is 10.1. The number of fused-ring (bicyclic) bond motifs is 1. The summed E-state index contributed by atoms with van der Waals surface area (Å²) in [6.45, 7) is 2.03. The highest BCUT2D eigenvalue weighted by Crippen LogP contribution is 2.26. The van der Waals surface area contributed by atoms with Gasteiger partial charge in [0.15, 0.2) is 0 Å². The van der Waals surface area contributed by atoms with Crippen LogP contribution in [0.15, 0.2) is 24.5 Å². The third kappa shape index (κ3) is 4.72. The fraction of sp³-hybridized carbons (Fsp3) is 0.429. The van der Waals surface area contributed by atoms with E-state index in [1.807, 2.05) is 0 Å². The summed E-state index contributed by atoms with van der Waals surface area (Å²) in [6.07, 6.45) is -1.17. The Hall–Kier alpha value is -3.08. The normalized spacial score (nSPS) is 15.2. The van der Waals surface area contributed by atoms with Gasteiger partial charge >= 0.3 is 6.18 Å². The topological polar surface area (TPSA) is 73.1 Å². The van der Waals surface area contributed by atoms with Gasteiger partial charge in [-0.2, -0.15) is 18.3 Å². The number of halogens is 4. The number of ether oxygens (including phenoxy) is 1. The van der Waals surface area contributed by atoms with Gasteiger partial charge in [-0.3, -0.25) is 19.4 Å². The molecule has 1 aliphatic heterocycles. The Bertz CT molecular complexity index is 1140. The van der Waals surface area contributed by atoms with Crippen LogP contribution in [0.5, 0.6) is 0 Å². The number of carbonyl (C=O) groups excluding carboxylic acids is 1. The number of nitrogens with zero attached hydrogens (tertiary/aromatic N) is 5. The lowest BCUT2D eigenvalue weighted by molar-refractivity contribution is -0.141. The fourth-order valence-electron chi connectivity index (χ4n) is 3.67. The molecule has 32 heavy (non-hydrogen) atoms. The van der Waals surface area contributed by atoms with E-state index in [2.05, 4.69) is 15.1 Å². The molecule has 11 heteroatoms. The zero-order valence-corrected chi connectivity index (χ0v) is 17.3. The molecule has 7 nitrogen and oxygen atoms in total. The Labute approximate surface area is 181 Å². The third-order valence-corrected chi connectivity index (χ3v) is 5.35. The van der Waals surface area contributed by atoms with Crippen LogP contribution in [0.2, 0.25) is 0 Å². The van der Waals surface area contributed by atoms with Crippen LogP contribution in [0.25, 0.3) is 10.9 Å². The van der Waals surface area contributed by atoms with Crippen LogP contribution in [-0.4, -0.2) is 63.0 Å². The molecule has 4 heterocycles. The van der Waals surface area contributed by atoms with Gasteiger partial charge in [0.2, 0.25) is 0 Å². The van der Waals surface area contributed by atoms with E-state index in [1.165, 1.54) is 24.5 Å². The van der Waals surface area contributed by atoms with E-state index in [0.29, 0.717) is 49.4 Å². The van der Waals surface area contributed by atoms with Gasteiger partial charge in [0.05, 0.1) is 23.5 Å². The average Bonchev–Trinajstić information content (AvgIpc) is 2.92. The molecule has 1 aliphatic rings. The van der Waals surface area contributed by atoms with Crippen molar-refractivity contribution in [3.63, 3.8) is 0 Å². The van der Waals surface area contributed by atoms with Crippen molar-refractivity contribution in [1.82, 2.24) is 24.6 Å². The molecule has 1 saturated heterocycles. The fourth-order valence-corrected chi connectivity index (χ4v) is 3.67. The average molecular weight is 451 g/mol. The molecular formula is C21H21F4N5O2. The van der Waals surface area contributed by atoms with E-state index in [0.717, 1.165) is 4.68 Å². The Morgan fingerprint density at radius 3 is 2.78 bits per heavy atom. The molecule has 0 N–H and O–H groups in total. The van der Waals surface area contributed by atoms with Crippen molar-refractivity contribution in [2.24, 2.45) is 0 Å². The maximum atomic E-state index is 13.9. The van der Waals surface area contributed by atoms with E-state index in [4.69, 9.17) is 4.74 Å². The number of hydrogen-bond acceptors (Lipinski definition) is 5. The second-order valence-electron chi connectivity index (χ2n) is 7.61. The molecule has 0 saturated carbocycles. The number of amides is 1. The SMILES string of the molecule is Cc1c(F)ccnc1Cc1nn(CC(F)(F)F)c2cc(C(=O)N3CCCOCC3)ncc12. The Balaban J connectivity index is 1.74. The number of hydrogen-bond donors (Lipinski definition) is 0. The highest BCUT2D eigenvalue weighted by Gasteiger charge is 2.30. The van der Waals surface area contributed by atoms with E-state index < -0.39 is 18.5 Å². The molecule has 3 aromatic rings. The Morgan fingerprint density at radius 1 is 1.19 bits per heavy atom. The van der Waals surface area contributed by atoms with Gasteiger partial charge < -0.3 is 9.64 Å². The largest absolute Gasteiger partial charge is 0.408 e. The first-order chi connectivity index (χ1) is 15.2. The van der Waals surface area contributed by atoms with Crippen molar-refractivity contribution in [2.75, 3.05) is 26.3 Å². The molecular weight excluding hydrogens is 430 g/mol. The molecule has 0 atom stereocenters. The smallest absolute Gasteiger partial charge is 0.380 e. The second kappa shape index (κ2) is 8.81. The van der Waals surface area contributed by atoms with Crippen molar-refractivity contribution < 1.29 is 27.1 Å². The molecule has 1 amide bonds. The minimum atomic E-state index is -4.52. The van der Waals surface area contributed by atoms with Crippen LogP contribution in [0.3, 0.4) is 0 Å². The summed E-state index contributed by atoms with van der Waals surface area (Å²) >= 11 is 0. The van der Waals surface area contributed by atoms with Crippen molar-refractivity contribution in [3.8, 4) is 0 Å². The maximum absolute atomic E-state index is 13.9. The molecule has 0 spiro atoms. The summed E-state index contributed by atoms with van der Waals surface area (Å²) < 4.78 is 59.6. The van der Waals surface area contributed by atoms with E-state index in [-0.39, 0.29) is 29.2 Å². The summed E-state index contributed by atoms with van der Waals surface area (Å²) in [5.74, 6) is -0.831. The van der Waals surface area contributed by atoms with E-state index >= 15 is 0 Å². The van der Waals surface area contributed by atoms with Crippen LogP contribution in [-0.2, 0) is 17.7 Å². The summed E-state index contributed by atoms with van der Waals surface area (Å²) in [7, 11) is 0. The number of pyridine rings is 2. The van der Waals surface area contributed by atoms with Gasteiger partial charge in [0.1, 0.15) is 18.1 Å². The monoisotopic (exact) mass is 451 g/mol.